The highest BCUT2D eigenvalue weighted by Gasteiger charge is 2.19. The smallest absolute Gasteiger partial charge is 0.224 e. The molecule has 0 heterocycles. The molecule has 1 amide bonds. The molecule has 0 aliphatic carbocycles. The molecule has 0 radical (unpaired) electrons. The third-order valence-electron chi connectivity index (χ3n) is 3.24. The summed E-state index contributed by atoms with van der Waals surface area (Å²) in [5, 5.41) is 3.12. The van der Waals surface area contributed by atoms with Gasteiger partial charge in [-0.3, -0.25) is 4.79 Å². The quantitative estimate of drug-likeness (QED) is 0.779. The van der Waals surface area contributed by atoms with E-state index in [1.807, 2.05) is 25.1 Å². The Kier molecular flexibility index (Phi) is 6.44. The van der Waals surface area contributed by atoms with E-state index < -0.39 is 0 Å². The molecule has 1 aromatic rings. The second-order valence-electron chi connectivity index (χ2n) is 4.60. The molecule has 18 heavy (non-hydrogen) atoms. The molecule has 0 saturated carbocycles. The fraction of sp³-hybridized carbons (Fsp3) is 0.533. The van der Waals surface area contributed by atoms with Gasteiger partial charge in [0.1, 0.15) is 0 Å². The first-order valence-electron chi connectivity index (χ1n) is 6.78. The molecule has 100 valence electrons. The van der Waals surface area contributed by atoms with Crippen molar-refractivity contribution in [1.82, 2.24) is 5.32 Å². The number of amides is 1. The van der Waals surface area contributed by atoms with E-state index in [1.165, 1.54) is 5.56 Å². The van der Waals surface area contributed by atoms with Crippen LogP contribution in [0.5, 0.6) is 0 Å². The monoisotopic (exact) mass is 248 g/mol. The third kappa shape index (κ3) is 4.15. The van der Waals surface area contributed by atoms with E-state index in [9.17, 15) is 4.79 Å². The number of carbonyl (C=O) groups is 1. The van der Waals surface area contributed by atoms with Crippen LogP contribution in [0.25, 0.3) is 0 Å². The molecule has 0 aromatic heterocycles. The van der Waals surface area contributed by atoms with Crippen molar-refractivity contribution in [3.05, 3.63) is 35.9 Å². The Labute approximate surface area is 110 Å². The zero-order valence-electron chi connectivity index (χ0n) is 11.4. The Morgan fingerprint density at radius 2 is 1.94 bits per heavy atom. The molecule has 0 saturated heterocycles. The summed E-state index contributed by atoms with van der Waals surface area (Å²) in [6, 6.07) is 10.2. The Morgan fingerprint density at radius 3 is 2.44 bits per heavy atom. The summed E-state index contributed by atoms with van der Waals surface area (Å²) >= 11 is 0. The molecule has 0 aliphatic heterocycles. The Hall–Kier alpha value is -1.35. The molecule has 2 atom stereocenters. The highest BCUT2D eigenvalue weighted by atomic mass is 16.1. The van der Waals surface area contributed by atoms with Crippen molar-refractivity contribution in [2.75, 3.05) is 6.54 Å². The lowest BCUT2D eigenvalue weighted by atomic mass is 10.00. The van der Waals surface area contributed by atoms with Crippen LogP contribution >= 0.6 is 0 Å². The second kappa shape index (κ2) is 7.88. The Balaban J connectivity index is 2.72. The number of benzene rings is 1. The fourth-order valence-electron chi connectivity index (χ4n) is 2.04. The van der Waals surface area contributed by atoms with Gasteiger partial charge in [0.2, 0.25) is 5.91 Å². The highest BCUT2D eigenvalue weighted by molar-refractivity contribution is 5.79. The van der Waals surface area contributed by atoms with Crippen LogP contribution in [-0.2, 0) is 4.79 Å². The largest absolute Gasteiger partial charge is 0.349 e. The SMILES string of the molecule is CCCC(NC(=O)C(CC)CN)c1ccccc1. The Bertz CT molecular complexity index is 347. The average Bonchev–Trinajstić information content (AvgIpc) is 2.40. The van der Waals surface area contributed by atoms with Gasteiger partial charge in [0.25, 0.3) is 0 Å². The number of carbonyl (C=O) groups excluding carboxylic acids is 1. The lowest BCUT2D eigenvalue weighted by Gasteiger charge is -2.21. The molecule has 0 bridgehead atoms. The van der Waals surface area contributed by atoms with Gasteiger partial charge in [-0.05, 0) is 18.4 Å². The minimum atomic E-state index is -0.0759. The van der Waals surface area contributed by atoms with E-state index in [0.29, 0.717) is 6.54 Å². The fourth-order valence-corrected chi connectivity index (χ4v) is 2.04. The van der Waals surface area contributed by atoms with E-state index in [1.54, 1.807) is 0 Å². The zero-order chi connectivity index (χ0) is 13.4. The van der Waals surface area contributed by atoms with Crippen molar-refractivity contribution in [1.29, 1.82) is 0 Å². The molecule has 3 N–H and O–H groups in total. The molecule has 3 heteroatoms. The lowest BCUT2D eigenvalue weighted by molar-refractivity contribution is -0.125. The summed E-state index contributed by atoms with van der Waals surface area (Å²) in [5.41, 5.74) is 6.78. The summed E-state index contributed by atoms with van der Waals surface area (Å²) in [5.74, 6) is -0.00429. The van der Waals surface area contributed by atoms with E-state index >= 15 is 0 Å². The molecule has 1 rings (SSSR count). The van der Waals surface area contributed by atoms with Gasteiger partial charge in [-0.2, -0.15) is 0 Å². The van der Waals surface area contributed by atoms with Crippen LogP contribution in [0.15, 0.2) is 30.3 Å². The summed E-state index contributed by atoms with van der Waals surface area (Å²) in [7, 11) is 0. The maximum absolute atomic E-state index is 12.1. The van der Waals surface area contributed by atoms with Crippen LogP contribution < -0.4 is 11.1 Å². The number of rotatable bonds is 7. The van der Waals surface area contributed by atoms with Crippen LogP contribution in [0.2, 0.25) is 0 Å². The van der Waals surface area contributed by atoms with Crippen molar-refractivity contribution in [2.24, 2.45) is 11.7 Å². The van der Waals surface area contributed by atoms with Crippen LogP contribution in [0.4, 0.5) is 0 Å². The second-order valence-corrected chi connectivity index (χ2v) is 4.60. The Morgan fingerprint density at radius 1 is 1.28 bits per heavy atom. The number of hydrogen-bond acceptors (Lipinski definition) is 2. The van der Waals surface area contributed by atoms with Gasteiger partial charge in [-0.1, -0.05) is 50.6 Å². The molecular weight excluding hydrogens is 224 g/mol. The summed E-state index contributed by atoms with van der Waals surface area (Å²) in [4.78, 5) is 12.1. The summed E-state index contributed by atoms with van der Waals surface area (Å²) in [6.07, 6.45) is 2.78. The van der Waals surface area contributed by atoms with Gasteiger partial charge in [0.15, 0.2) is 0 Å². The van der Waals surface area contributed by atoms with Crippen LogP contribution in [-0.4, -0.2) is 12.5 Å². The molecule has 3 nitrogen and oxygen atoms in total. The van der Waals surface area contributed by atoms with Crippen molar-refractivity contribution in [2.45, 2.75) is 39.2 Å². The topological polar surface area (TPSA) is 55.1 Å². The lowest BCUT2D eigenvalue weighted by Crippen LogP contribution is -2.37. The zero-order valence-corrected chi connectivity index (χ0v) is 11.4. The van der Waals surface area contributed by atoms with Gasteiger partial charge >= 0.3 is 0 Å². The molecule has 0 fully saturated rings. The molecule has 0 spiro atoms. The number of hydrogen-bond donors (Lipinski definition) is 2. The molecule has 2 unspecified atom stereocenters. The maximum atomic E-state index is 12.1. The van der Waals surface area contributed by atoms with E-state index in [0.717, 1.165) is 19.3 Å². The van der Waals surface area contributed by atoms with Crippen molar-refractivity contribution in [3.63, 3.8) is 0 Å². The summed E-state index contributed by atoms with van der Waals surface area (Å²) < 4.78 is 0. The van der Waals surface area contributed by atoms with E-state index in [2.05, 4.69) is 24.4 Å². The highest BCUT2D eigenvalue weighted by Crippen LogP contribution is 2.19. The normalized spacial score (nSPS) is 13.9. The van der Waals surface area contributed by atoms with E-state index in [4.69, 9.17) is 5.73 Å². The average molecular weight is 248 g/mol. The van der Waals surface area contributed by atoms with Gasteiger partial charge in [-0.25, -0.2) is 0 Å². The maximum Gasteiger partial charge on any atom is 0.224 e. The number of nitrogens with one attached hydrogen (secondary N) is 1. The van der Waals surface area contributed by atoms with Crippen LogP contribution in [0.3, 0.4) is 0 Å². The third-order valence-corrected chi connectivity index (χ3v) is 3.24. The predicted octanol–water partition coefficient (Wildman–Crippen LogP) is 2.63. The van der Waals surface area contributed by atoms with Crippen molar-refractivity contribution < 1.29 is 4.79 Å². The number of nitrogens with two attached hydrogens (primary N) is 1. The van der Waals surface area contributed by atoms with Crippen molar-refractivity contribution in [3.8, 4) is 0 Å². The van der Waals surface area contributed by atoms with Gasteiger partial charge < -0.3 is 11.1 Å². The van der Waals surface area contributed by atoms with Crippen LogP contribution in [0.1, 0.15) is 44.7 Å². The van der Waals surface area contributed by atoms with Crippen molar-refractivity contribution >= 4 is 5.91 Å². The minimum Gasteiger partial charge on any atom is -0.349 e. The first-order valence-corrected chi connectivity index (χ1v) is 6.78. The van der Waals surface area contributed by atoms with Gasteiger partial charge in [0.05, 0.1) is 6.04 Å². The first-order chi connectivity index (χ1) is 8.72. The molecule has 1 aromatic carbocycles. The van der Waals surface area contributed by atoms with E-state index in [-0.39, 0.29) is 17.9 Å². The van der Waals surface area contributed by atoms with Crippen LogP contribution in [0, 0.1) is 5.92 Å². The molecule has 0 aliphatic rings. The predicted molar refractivity (Wildman–Crippen MR) is 75.1 cm³/mol. The minimum absolute atomic E-state index is 0.0716. The first kappa shape index (κ1) is 14.7. The van der Waals surface area contributed by atoms with Gasteiger partial charge in [0, 0.05) is 12.5 Å². The summed E-state index contributed by atoms with van der Waals surface area (Å²) in [6.45, 7) is 4.53. The standard InChI is InChI=1S/C15H24N2O/c1-3-8-14(13-9-6-5-7-10-13)17-15(18)12(4-2)11-16/h5-7,9-10,12,14H,3-4,8,11,16H2,1-2H3,(H,17,18). The van der Waals surface area contributed by atoms with Gasteiger partial charge in [-0.15, -0.1) is 0 Å². The molecular formula is C15H24N2O.